The molecule has 76 valence electrons. The van der Waals surface area contributed by atoms with Crippen LogP contribution in [0.2, 0.25) is 0 Å². The van der Waals surface area contributed by atoms with Crippen molar-refractivity contribution in [3.05, 3.63) is 42.5 Å². The summed E-state index contributed by atoms with van der Waals surface area (Å²) in [5.74, 6) is 0.0924. The summed E-state index contributed by atoms with van der Waals surface area (Å²) in [6.45, 7) is 0. The lowest BCUT2D eigenvalue weighted by Gasteiger charge is -2.02. The minimum absolute atomic E-state index is 0.0575. The van der Waals surface area contributed by atoms with Crippen LogP contribution in [-0.4, -0.2) is 15.1 Å². The molecule has 1 heterocycles. The van der Waals surface area contributed by atoms with Gasteiger partial charge < -0.3 is 9.84 Å². The maximum absolute atomic E-state index is 12.5. The first-order valence-corrected chi connectivity index (χ1v) is 4.18. The van der Waals surface area contributed by atoms with E-state index in [1.54, 1.807) is 12.1 Å². The maximum atomic E-state index is 12.5. The highest BCUT2D eigenvalue weighted by atomic mass is 19.1. The summed E-state index contributed by atoms with van der Waals surface area (Å²) in [4.78, 5) is 7.25. The number of phenolic OH excluding ortho intramolecular Hbond substituents is 1. The molecule has 0 unspecified atom stereocenters. The van der Waals surface area contributed by atoms with Gasteiger partial charge in [0.05, 0.1) is 12.4 Å². The second kappa shape index (κ2) is 3.91. The predicted molar refractivity (Wildman–Crippen MR) is 50.2 cm³/mol. The van der Waals surface area contributed by atoms with E-state index in [2.05, 4.69) is 9.97 Å². The van der Waals surface area contributed by atoms with Gasteiger partial charge in [0, 0.05) is 0 Å². The number of ether oxygens (including phenoxy) is 1. The smallest absolute Gasteiger partial charge is 0.322 e. The van der Waals surface area contributed by atoms with Crippen molar-refractivity contribution in [2.75, 3.05) is 0 Å². The molecule has 1 N–H and O–H groups in total. The molecule has 0 aliphatic carbocycles. The summed E-state index contributed by atoms with van der Waals surface area (Å²) in [6.07, 6.45) is 2.03. The summed E-state index contributed by atoms with van der Waals surface area (Å²) in [5.41, 5.74) is 0. The molecule has 0 saturated heterocycles. The van der Waals surface area contributed by atoms with E-state index in [9.17, 15) is 4.39 Å². The average Bonchev–Trinajstić information content (AvgIpc) is 2.25. The van der Waals surface area contributed by atoms with Crippen LogP contribution in [0.4, 0.5) is 4.39 Å². The Morgan fingerprint density at radius 3 is 2.27 bits per heavy atom. The number of aromatic nitrogens is 2. The van der Waals surface area contributed by atoms with Gasteiger partial charge in [-0.3, -0.25) is 0 Å². The minimum Gasteiger partial charge on any atom is -0.508 e. The third-order valence-electron chi connectivity index (χ3n) is 1.64. The largest absolute Gasteiger partial charge is 0.508 e. The van der Waals surface area contributed by atoms with E-state index < -0.39 is 5.82 Å². The van der Waals surface area contributed by atoms with Gasteiger partial charge in [-0.15, -0.1) is 0 Å². The molecule has 0 atom stereocenters. The minimum atomic E-state index is -0.520. The standard InChI is InChI=1S/C10H7FN2O2/c11-7-5-12-10(13-6-7)15-9-3-1-8(14)2-4-9/h1-6,14H. The lowest BCUT2D eigenvalue weighted by atomic mass is 10.3. The Morgan fingerprint density at radius 2 is 1.67 bits per heavy atom. The third kappa shape index (κ3) is 2.40. The van der Waals surface area contributed by atoms with Gasteiger partial charge in [0.25, 0.3) is 0 Å². The Labute approximate surface area is 85.0 Å². The number of phenols is 1. The molecule has 1 aromatic heterocycles. The van der Waals surface area contributed by atoms with Crippen molar-refractivity contribution in [2.24, 2.45) is 0 Å². The van der Waals surface area contributed by atoms with E-state index in [1.807, 2.05) is 0 Å². The van der Waals surface area contributed by atoms with Crippen LogP contribution in [0.1, 0.15) is 0 Å². The molecule has 0 radical (unpaired) electrons. The van der Waals surface area contributed by atoms with Crippen LogP contribution in [0.25, 0.3) is 0 Å². The summed E-state index contributed by atoms with van der Waals surface area (Å²) in [5, 5.41) is 9.02. The van der Waals surface area contributed by atoms with Gasteiger partial charge in [-0.25, -0.2) is 14.4 Å². The number of benzene rings is 1. The molecule has 0 amide bonds. The summed E-state index contributed by atoms with van der Waals surface area (Å²) < 4.78 is 17.7. The van der Waals surface area contributed by atoms with Crippen LogP contribution < -0.4 is 4.74 Å². The molecule has 4 nitrogen and oxygen atoms in total. The quantitative estimate of drug-likeness (QED) is 0.817. The molecule has 15 heavy (non-hydrogen) atoms. The molecular weight excluding hydrogens is 199 g/mol. The highest BCUT2D eigenvalue weighted by Gasteiger charge is 2.00. The first kappa shape index (κ1) is 9.39. The number of nitrogens with zero attached hydrogens (tertiary/aromatic N) is 2. The van der Waals surface area contributed by atoms with Crippen molar-refractivity contribution in [1.29, 1.82) is 0 Å². The molecule has 0 saturated carbocycles. The SMILES string of the molecule is Oc1ccc(Oc2ncc(F)cn2)cc1. The highest BCUT2D eigenvalue weighted by molar-refractivity contribution is 5.31. The summed E-state index contributed by atoms with van der Waals surface area (Å²) in [7, 11) is 0. The summed E-state index contributed by atoms with van der Waals surface area (Å²) >= 11 is 0. The normalized spacial score (nSPS) is 9.93. The predicted octanol–water partition coefficient (Wildman–Crippen LogP) is 2.11. The van der Waals surface area contributed by atoms with Gasteiger partial charge in [0.1, 0.15) is 11.5 Å². The molecule has 2 rings (SSSR count). The maximum Gasteiger partial charge on any atom is 0.322 e. The topological polar surface area (TPSA) is 55.2 Å². The number of rotatable bonds is 2. The Hall–Kier alpha value is -2.17. The monoisotopic (exact) mass is 206 g/mol. The van der Waals surface area contributed by atoms with E-state index in [1.165, 1.54) is 12.1 Å². The van der Waals surface area contributed by atoms with Gasteiger partial charge in [-0.2, -0.15) is 0 Å². The zero-order valence-corrected chi connectivity index (χ0v) is 7.59. The fraction of sp³-hybridized carbons (Fsp3) is 0. The van der Waals surface area contributed by atoms with Crippen molar-refractivity contribution >= 4 is 0 Å². The highest BCUT2D eigenvalue weighted by Crippen LogP contribution is 2.19. The molecule has 0 spiro atoms. The second-order valence-electron chi connectivity index (χ2n) is 2.78. The Kier molecular flexibility index (Phi) is 2.45. The number of aromatic hydroxyl groups is 1. The number of halogens is 1. The van der Waals surface area contributed by atoms with Crippen LogP contribution in [0, 0.1) is 5.82 Å². The molecule has 0 aliphatic heterocycles. The van der Waals surface area contributed by atoms with Crippen LogP contribution >= 0.6 is 0 Å². The number of hydrogen-bond acceptors (Lipinski definition) is 4. The Morgan fingerprint density at radius 1 is 1.07 bits per heavy atom. The zero-order chi connectivity index (χ0) is 10.7. The van der Waals surface area contributed by atoms with Crippen molar-refractivity contribution in [2.45, 2.75) is 0 Å². The molecular formula is C10H7FN2O2. The Bertz CT molecular complexity index is 398. The van der Waals surface area contributed by atoms with Gasteiger partial charge in [-0.05, 0) is 24.3 Å². The zero-order valence-electron chi connectivity index (χ0n) is 7.59. The van der Waals surface area contributed by atoms with Crippen LogP contribution in [-0.2, 0) is 0 Å². The molecule has 0 fully saturated rings. The fourth-order valence-electron chi connectivity index (χ4n) is 0.973. The second-order valence-corrected chi connectivity index (χ2v) is 2.78. The molecule has 0 bridgehead atoms. The van der Waals surface area contributed by atoms with Crippen LogP contribution in [0.3, 0.4) is 0 Å². The van der Waals surface area contributed by atoms with E-state index >= 15 is 0 Å². The first-order valence-electron chi connectivity index (χ1n) is 4.18. The van der Waals surface area contributed by atoms with Gasteiger partial charge in [0.2, 0.25) is 0 Å². The van der Waals surface area contributed by atoms with Gasteiger partial charge in [0.15, 0.2) is 5.82 Å². The van der Waals surface area contributed by atoms with Crippen LogP contribution in [0.5, 0.6) is 17.5 Å². The molecule has 1 aromatic carbocycles. The number of hydrogen-bond donors (Lipinski definition) is 1. The van der Waals surface area contributed by atoms with Crippen molar-refractivity contribution in [3.8, 4) is 17.5 Å². The molecule has 5 heteroatoms. The van der Waals surface area contributed by atoms with E-state index in [0.717, 1.165) is 12.4 Å². The Balaban J connectivity index is 2.15. The van der Waals surface area contributed by atoms with Crippen molar-refractivity contribution in [1.82, 2.24) is 9.97 Å². The van der Waals surface area contributed by atoms with E-state index in [4.69, 9.17) is 9.84 Å². The van der Waals surface area contributed by atoms with Gasteiger partial charge >= 0.3 is 6.01 Å². The lowest BCUT2D eigenvalue weighted by molar-refractivity contribution is 0.432. The lowest BCUT2D eigenvalue weighted by Crippen LogP contribution is -1.91. The average molecular weight is 206 g/mol. The van der Waals surface area contributed by atoms with E-state index in [-0.39, 0.29) is 11.8 Å². The first-order chi connectivity index (χ1) is 7.24. The molecule has 0 aliphatic rings. The van der Waals surface area contributed by atoms with Crippen molar-refractivity contribution in [3.63, 3.8) is 0 Å². The molecule has 2 aromatic rings. The van der Waals surface area contributed by atoms with E-state index in [0.29, 0.717) is 5.75 Å². The fourth-order valence-corrected chi connectivity index (χ4v) is 0.973. The third-order valence-corrected chi connectivity index (χ3v) is 1.64. The van der Waals surface area contributed by atoms with Gasteiger partial charge in [-0.1, -0.05) is 0 Å². The van der Waals surface area contributed by atoms with Crippen molar-refractivity contribution < 1.29 is 14.2 Å². The summed E-state index contributed by atoms with van der Waals surface area (Å²) in [6, 6.07) is 6.11. The van der Waals surface area contributed by atoms with Crippen LogP contribution in [0.15, 0.2) is 36.7 Å².